The fraction of sp³-hybridized carbons (Fsp3) is 0.571. The minimum Gasteiger partial charge on any atom is -0.508 e. The molecule has 2 fully saturated rings. The van der Waals surface area contributed by atoms with E-state index in [1.165, 1.54) is 37.7 Å². The Labute approximate surface area is 96.7 Å². The maximum Gasteiger partial charge on any atom is 0.119 e. The van der Waals surface area contributed by atoms with E-state index in [1.807, 2.05) is 18.2 Å². The SMILES string of the molecule is Oc1ccccc1C1(C2CCCN2)CCC1. The van der Waals surface area contributed by atoms with Crippen molar-refractivity contribution in [3.05, 3.63) is 29.8 Å². The monoisotopic (exact) mass is 217 g/mol. The van der Waals surface area contributed by atoms with Crippen molar-refractivity contribution >= 4 is 0 Å². The Hall–Kier alpha value is -1.02. The number of aromatic hydroxyl groups is 1. The molecule has 2 N–H and O–H groups in total. The first-order valence-electron chi connectivity index (χ1n) is 6.35. The summed E-state index contributed by atoms with van der Waals surface area (Å²) in [6.45, 7) is 1.14. The molecular weight excluding hydrogens is 198 g/mol. The summed E-state index contributed by atoms with van der Waals surface area (Å²) < 4.78 is 0. The summed E-state index contributed by atoms with van der Waals surface area (Å²) in [7, 11) is 0. The van der Waals surface area contributed by atoms with Crippen molar-refractivity contribution in [3.8, 4) is 5.75 Å². The third-order valence-electron chi connectivity index (χ3n) is 4.41. The molecule has 1 aromatic carbocycles. The van der Waals surface area contributed by atoms with Gasteiger partial charge in [-0.2, -0.15) is 0 Å². The lowest BCUT2D eigenvalue weighted by Gasteiger charge is -2.47. The number of nitrogens with one attached hydrogen (secondary N) is 1. The van der Waals surface area contributed by atoms with Gasteiger partial charge in [0.2, 0.25) is 0 Å². The van der Waals surface area contributed by atoms with Gasteiger partial charge in [0.25, 0.3) is 0 Å². The molecule has 1 aliphatic heterocycles. The first-order valence-corrected chi connectivity index (χ1v) is 6.35. The summed E-state index contributed by atoms with van der Waals surface area (Å²) in [5, 5.41) is 13.7. The van der Waals surface area contributed by atoms with Crippen LogP contribution in [0.2, 0.25) is 0 Å². The molecule has 1 saturated heterocycles. The molecule has 1 atom stereocenters. The second kappa shape index (κ2) is 3.77. The Kier molecular flexibility index (Phi) is 2.40. The molecule has 1 heterocycles. The van der Waals surface area contributed by atoms with Crippen LogP contribution in [0.15, 0.2) is 24.3 Å². The van der Waals surface area contributed by atoms with Crippen molar-refractivity contribution in [2.24, 2.45) is 0 Å². The third-order valence-corrected chi connectivity index (χ3v) is 4.41. The van der Waals surface area contributed by atoms with Gasteiger partial charge in [0.05, 0.1) is 0 Å². The molecule has 16 heavy (non-hydrogen) atoms. The predicted molar refractivity (Wildman–Crippen MR) is 64.7 cm³/mol. The van der Waals surface area contributed by atoms with Gasteiger partial charge in [0.15, 0.2) is 0 Å². The number of phenols is 1. The molecule has 0 aromatic heterocycles. The topological polar surface area (TPSA) is 32.3 Å². The number of phenolic OH excluding ortho intramolecular Hbond substituents is 1. The van der Waals surface area contributed by atoms with Gasteiger partial charge in [-0.15, -0.1) is 0 Å². The van der Waals surface area contributed by atoms with Gasteiger partial charge in [0.1, 0.15) is 5.75 Å². The van der Waals surface area contributed by atoms with Crippen molar-refractivity contribution in [1.82, 2.24) is 5.32 Å². The van der Waals surface area contributed by atoms with Crippen molar-refractivity contribution < 1.29 is 5.11 Å². The highest BCUT2D eigenvalue weighted by Crippen LogP contribution is 2.50. The van der Waals surface area contributed by atoms with Crippen LogP contribution in [0.4, 0.5) is 0 Å². The van der Waals surface area contributed by atoms with E-state index in [1.54, 1.807) is 0 Å². The number of hydrogen-bond acceptors (Lipinski definition) is 2. The van der Waals surface area contributed by atoms with Crippen LogP contribution < -0.4 is 5.32 Å². The standard InChI is InChI=1S/C14H19NO/c16-12-6-2-1-5-11(12)14(8-4-9-14)13-7-3-10-15-13/h1-2,5-6,13,15-16H,3-4,7-10H2. The first kappa shape index (κ1) is 10.2. The quantitative estimate of drug-likeness (QED) is 0.798. The van der Waals surface area contributed by atoms with Crippen molar-refractivity contribution in [2.75, 3.05) is 6.54 Å². The van der Waals surface area contributed by atoms with E-state index >= 15 is 0 Å². The number of rotatable bonds is 2. The maximum absolute atomic E-state index is 10.0. The zero-order chi connectivity index (χ0) is 11.0. The van der Waals surface area contributed by atoms with Crippen molar-refractivity contribution in [1.29, 1.82) is 0 Å². The van der Waals surface area contributed by atoms with Crippen LogP contribution in [-0.2, 0) is 5.41 Å². The summed E-state index contributed by atoms with van der Waals surface area (Å²) in [5.74, 6) is 0.482. The van der Waals surface area contributed by atoms with E-state index in [2.05, 4.69) is 11.4 Å². The fourth-order valence-corrected chi connectivity index (χ4v) is 3.41. The fourth-order valence-electron chi connectivity index (χ4n) is 3.41. The highest BCUT2D eigenvalue weighted by molar-refractivity contribution is 5.41. The normalized spacial score (nSPS) is 27.6. The van der Waals surface area contributed by atoms with E-state index < -0.39 is 0 Å². The van der Waals surface area contributed by atoms with E-state index in [4.69, 9.17) is 0 Å². The van der Waals surface area contributed by atoms with E-state index in [-0.39, 0.29) is 5.41 Å². The minimum absolute atomic E-state index is 0.224. The Morgan fingerprint density at radius 3 is 2.56 bits per heavy atom. The van der Waals surface area contributed by atoms with Crippen LogP contribution in [-0.4, -0.2) is 17.7 Å². The highest BCUT2D eigenvalue weighted by Gasteiger charge is 2.47. The van der Waals surface area contributed by atoms with Gasteiger partial charge >= 0.3 is 0 Å². The summed E-state index contributed by atoms with van der Waals surface area (Å²) in [6.07, 6.45) is 6.28. The molecule has 2 heteroatoms. The molecule has 2 nitrogen and oxygen atoms in total. The molecule has 86 valence electrons. The molecule has 1 aromatic rings. The highest BCUT2D eigenvalue weighted by atomic mass is 16.3. The second-order valence-electron chi connectivity index (χ2n) is 5.18. The largest absolute Gasteiger partial charge is 0.508 e. The third kappa shape index (κ3) is 1.36. The summed E-state index contributed by atoms with van der Waals surface area (Å²) in [5.41, 5.74) is 1.39. The van der Waals surface area contributed by atoms with Crippen molar-refractivity contribution in [3.63, 3.8) is 0 Å². The van der Waals surface area contributed by atoms with E-state index in [0.29, 0.717) is 11.8 Å². The van der Waals surface area contributed by atoms with Crippen LogP contribution in [0, 0.1) is 0 Å². The predicted octanol–water partition coefficient (Wildman–Crippen LogP) is 2.57. The van der Waals surface area contributed by atoms with Gasteiger partial charge < -0.3 is 10.4 Å². The summed E-state index contributed by atoms with van der Waals surface area (Å²) in [4.78, 5) is 0. The number of benzene rings is 1. The Bertz CT molecular complexity index is 378. The first-order chi connectivity index (χ1) is 7.83. The summed E-state index contributed by atoms with van der Waals surface area (Å²) in [6, 6.07) is 8.46. The molecule has 1 saturated carbocycles. The number of hydrogen-bond donors (Lipinski definition) is 2. The minimum atomic E-state index is 0.224. The Morgan fingerprint density at radius 2 is 2.00 bits per heavy atom. The van der Waals surface area contributed by atoms with Crippen LogP contribution in [0.3, 0.4) is 0 Å². The molecule has 2 aliphatic rings. The van der Waals surface area contributed by atoms with Gasteiger partial charge in [0, 0.05) is 17.0 Å². The molecule has 0 amide bonds. The average molecular weight is 217 g/mol. The van der Waals surface area contributed by atoms with Crippen LogP contribution in [0.25, 0.3) is 0 Å². The van der Waals surface area contributed by atoms with Gasteiger partial charge in [-0.05, 0) is 38.3 Å². The van der Waals surface area contributed by atoms with Crippen LogP contribution in [0.1, 0.15) is 37.7 Å². The molecule has 1 aliphatic carbocycles. The van der Waals surface area contributed by atoms with E-state index in [9.17, 15) is 5.11 Å². The van der Waals surface area contributed by atoms with Gasteiger partial charge in [-0.1, -0.05) is 24.6 Å². The molecule has 3 rings (SSSR count). The lowest BCUT2D eigenvalue weighted by atomic mass is 9.59. The lowest BCUT2D eigenvalue weighted by molar-refractivity contribution is 0.177. The second-order valence-corrected chi connectivity index (χ2v) is 5.18. The Morgan fingerprint density at radius 1 is 1.19 bits per heavy atom. The number of para-hydroxylation sites is 1. The molecule has 0 radical (unpaired) electrons. The Balaban J connectivity index is 1.98. The summed E-state index contributed by atoms with van der Waals surface area (Å²) >= 11 is 0. The average Bonchev–Trinajstić information content (AvgIpc) is 2.73. The van der Waals surface area contributed by atoms with Gasteiger partial charge in [-0.3, -0.25) is 0 Å². The van der Waals surface area contributed by atoms with E-state index in [0.717, 1.165) is 6.54 Å². The van der Waals surface area contributed by atoms with Crippen molar-refractivity contribution in [2.45, 2.75) is 43.6 Å². The zero-order valence-electron chi connectivity index (χ0n) is 9.58. The molecule has 0 bridgehead atoms. The smallest absolute Gasteiger partial charge is 0.119 e. The lowest BCUT2D eigenvalue weighted by Crippen LogP contribution is -2.50. The molecular formula is C14H19NO. The van der Waals surface area contributed by atoms with Crippen LogP contribution >= 0.6 is 0 Å². The van der Waals surface area contributed by atoms with Gasteiger partial charge in [-0.25, -0.2) is 0 Å². The van der Waals surface area contributed by atoms with Crippen LogP contribution in [0.5, 0.6) is 5.75 Å². The maximum atomic E-state index is 10.0. The zero-order valence-corrected chi connectivity index (χ0v) is 9.58. The molecule has 1 unspecified atom stereocenters. The molecule has 0 spiro atoms.